The zero-order chi connectivity index (χ0) is 23.6. The van der Waals surface area contributed by atoms with Crippen molar-refractivity contribution in [3.63, 3.8) is 0 Å². The van der Waals surface area contributed by atoms with Crippen LogP contribution in [0.3, 0.4) is 0 Å². The van der Waals surface area contributed by atoms with Gasteiger partial charge in [-0.2, -0.15) is 0 Å². The molecule has 0 spiro atoms. The van der Waals surface area contributed by atoms with Crippen molar-refractivity contribution >= 4 is 45.5 Å². The molecule has 33 heavy (non-hydrogen) atoms. The van der Waals surface area contributed by atoms with Crippen molar-refractivity contribution in [1.82, 2.24) is 5.32 Å². The highest BCUT2D eigenvalue weighted by atomic mass is 32.1. The van der Waals surface area contributed by atoms with E-state index in [1.165, 1.54) is 11.3 Å². The number of nitrogens with one attached hydrogen (secondary N) is 2. The van der Waals surface area contributed by atoms with E-state index in [-0.39, 0.29) is 24.0 Å². The van der Waals surface area contributed by atoms with Crippen molar-refractivity contribution in [3.05, 3.63) is 71.1 Å². The number of thiocarbonyl (C=S) groups is 1. The molecule has 3 rings (SSSR count). The number of esters is 1. The van der Waals surface area contributed by atoms with Gasteiger partial charge in [-0.15, -0.1) is 11.3 Å². The van der Waals surface area contributed by atoms with Crippen LogP contribution < -0.4 is 15.4 Å². The minimum absolute atomic E-state index is 0.131. The zero-order valence-electron chi connectivity index (χ0n) is 18.6. The Morgan fingerprint density at radius 1 is 1.06 bits per heavy atom. The summed E-state index contributed by atoms with van der Waals surface area (Å²) < 4.78 is 10.9. The van der Waals surface area contributed by atoms with Crippen LogP contribution in [0.5, 0.6) is 5.75 Å². The average Bonchev–Trinajstić information content (AvgIpc) is 3.22. The third-order valence-corrected chi connectivity index (χ3v) is 5.77. The fourth-order valence-corrected chi connectivity index (χ4v) is 4.31. The van der Waals surface area contributed by atoms with Crippen molar-refractivity contribution in [1.29, 1.82) is 0 Å². The van der Waals surface area contributed by atoms with Gasteiger partial charge in [-0.05, 0) is 50.2 Å². The van der Waals surface area contributed by atoms with Gasteiger partial charge in [-0.3, -0.25) is 4.79 Å². The van der Waals surface area contributed by atoms with Gasteiger partial charge in [0.05, 0.1) is 13.2 Å². The van der Waals surface area contributed by atoms with Gasteiger partial charge < -0.3 is 20.1 Å². The number of benzene rings is 2. The van der Waals surface area contributed by atoms with E-state index in [0.29, 0.717) is 23.6 Å². The largest absolute Gasteiger partial charge is 0.494 e. The number of anilines is 1. The first-order valence-electron chi connectivity index (χ1n) is 10.6. The molecular formula is C25H26N2O4S2. The van der Waals surface area contributed by atoms with Crippen LogP contribution in [0.1, 0.15) is 35.7 Å². The fourth-order valence-electron chi connectivity index (χ4n) is 3.07. The van der Waals surface area contributed by atoms with E-state index >= 15 is 0 Å². The maximum atomic E-state index is 12.6. The lowest BCUT2D eigenvalue weighted by Crippen LogP contribution is -2.34. The molecule has 0 radical (unpaired) electrons. The van der Waals surface area contributed by atoms with Crippen LogP contribution in [0.15, 0.2) is 60.0 Å². The van der Waals surface area contributed by atoms with E-state index in [1.54, 1.807) is 6.92 Å². The molecule has 2 N–H and O–H groups in total. The molecule has 6 nitrogen and oxygen atoms in total. The minimum atomic E-state index is -0.442. The van der Waals surface area contributed by atoms with Gasteiger partial charge in [-0.1, -0.05) is 48.0 Å². The Balaban J connectivity index is 1.55. The molecule has 1 amide bonds. The van der Waals surface area contributed by atoms with E-state index in [0.717, 1.165) is 22.4 Å². The molecule has 0 atom stereocenters. The number of thiophene rings is 1. The Labute approximate surface area is 202 Å². The Morgan fingerprint density at radius 3 is 2.48 bits per heavy atom. The number of carbonyl (C=O) groups is 2. The smallest absolute Gasteiger partial charge is 0.341 e. The molecule has 1 heterocycles. The molecule has 0 aliphatic carbocycles. The van der Waals surface area contributed by atoms with Gasteiger partial charge in [0, 0.05) is 17.4 Å². The standard InChI is InChI=1S/C25H26N2O4S2/c1-3-30-24(29)22-20(18-8-5-4-6-9-18)16-33-23(22)27-25(32)26-21(28)10-7-15-31-19-13-11-17(2)12-14-19/h4-6,8-9,11-14,16H,3,7,10,15H2,1-2H3,(H2,26,27,28,32). The summed E-state index contributed by atoms with van der Waals surface area (Å²) in [6.45, 7) is 4.45. The molecule has 3 aromatic rings. The zero-order valence-corrected chi connectivity index (χ0v) is 20.2. The summed E-state index contributed by atoms with van der Waals surface area (Å²) in [6.07, 6.45) is 0.811. The molecule has 0 fully saturated rings. The maximum absolute atomic E-state index is 12.6. The van der Waals surface area contributed by atoms with Crippen molar-refractivity contribution in [2.75, 3.05) is 18.5 Å². The summed E-state index contributed by atoms with van der Waals surface area (Å²) in [7, 11) is 0. The van der Waals surface area contributed by atoms with Crippen LogP contribution in [0.2, 0.25) is 0 Å². The quantitative estimate of drug-likeness (QED) is 0.236. The SMILES string of the molecule is CCOC(=O)c1c(-c2ccccc2)csc1NC(=S)NC(=O)CCCOc1ccc(C)cc1. The van der Waals surface area contributed by atoms with E-state index < -0.39 is 5.97 Å². The molecule has 0 saturated carbocycles. The first-order chi connectivity index (χ1) is 16.0. The van der Waals surface area contributed by atoms with Gasteiger partial charge in [0.1, 0.15) is 16.3 Å². The minimum Gasteiger partial charge on any atom is -0.494 e. The topological polar surface area (TPSA) is 76.7 Å². The van der Waals surface area contributed by atoms with Crippen molar-refractivity contribution in [3.8, 4) is 16.9 Å². The maximum Gasteiger partial charge on any atom is 0.341 e. The number of ether oxygens (including phenoxy) is 2. The average molecular weight is 483 g/mol. The second-order valence-corrected chi connectivity index (χ2v) is 8.50. The van der Waals surface area contributed by atoms with Crippen molar-refractivity contribution in [2.45, 2.75) is 26.7 Å². The molecule has 0 bridgehead atoms. The van der Waals surface area contributed by atoms with Gasteiger partial charge >= 0.3 is 5.97 Å². The van der Waals surface area contributed by atoms with E-state index in [2.05, 4.69) is 10.6 Å². The van der Waals surface area contributed by atoms with Gasteiger partial charge in [-0.25, -0.2) is 4.79 Å². The van der Waals surface area contributed by atoms with Gasteiger partial charge in [0.15, 0.2) is 5.11 Å². The van der Waals surface area contributed by atoms with Crippen molar-refractivity contribution in [2.24, 2.45) is 0 Å². The number of amides is 1. The lowest BCUT2D eigenvalue weighted by molar-refractivity contribution is -0.119. The second kappa shape index (κ2) is 12.1. The number of hydrogen-bond acceptors (Lipinski definition) is 6. The normalized spacial score (nSPS) is 10.4. The molecule has 0 unspecified atom stereocenters. The van der Waals surface area contributed by atoms with Crippen LogP contribution in [-0.4, -0.2) is 30.2 Å². The first kappa shape index (κ1) is 24.4. The second-order valence-electron chi connectivity index (χ2n) is 7.21. The Bertz CT molecular complexity index is 1100. The highest BCUT2D eigenvalue weighted by Crippen LogP contribution is 2.36. The summed E-state index contributed by atoms with van der Waals surface area (Å²) in [5.41, 5.74) is 3.21. The van der Waals surface area contributed by atoms with E-state index in [9.17, 15) is 9.59 Å². The highest BCUT2D eigenvalue weighted by Gasteiger charge is 2.22. The number of aryl methyl sites for hydroxylation is 1. The lowest BCUT2D eigenvalue weighted by atomic mass is 10.0. The number of carbonyl (C=O) groups excluding carboxylic acids is 2. The molecule has 172 valence electrons. The Morgan fingerprint density at radius 2 is 1.79 bits per heavy atom. The number of rotatable bonds is 9. The molecule has 1 aromatic heterocycles. The van der Waals surface area contributed by atoms with Crippen LogP contribution in [0, 0.1) is 6.92 Å². The predicted molar refractivity (Wildman–Crippen MR) is 136 cm³/mol. The Hall–Kier alpha value is -3.23. The van der Waals surface area contributed by atoms with Crippen LogP contribution in [0.25, 0.3) is 11.1 Å². The lowest BCUT2D eigenvalue weighted by Gasteiger charge is -2.11. The summed E-state index contributed by atoms with van der Waals surface area (Å²) >= 11 is 6.63. The van der Waals surface area contributed by atoms with Crippen LogP contribution in [0.4, 0.5) is 5.00 Å². The summed E-state index contributed by atoms with van der Waals surface area (Å²) in [5.74, 6) is 0.108. The summed E-state index contributed by atoms with van der Waals surface area (Å²) in [5, 5.41) is 8.17. The third kappa shape index (κ3) is 7.13. The van der Waals surface area contributed by atoms with Gasteiger partial charge in [0.2, 0.25) is 5.91 Å². The third-order valence-electron chi connectivity index (χ3n) is 4.67. The fraction of sp³-hybridized carbons (Fsp3) is 0.240. The van der Waals surface area contributed by atoms with Crippen LogP contribution >= 0.6 is 23.6 Å². The Kier molecular flexibility index (Phi) is 8.97. The molecule has 2 aromatic carbocycles. The molecular weight excluding hydrogens is 456 g/mol. The molecule has 0 aliphatic heterocycles. The molecule has 8 heteroatoms. The highest BCUT2D eigenvalue weighted by molar-refractivity contribution is 7.80. The van der Waals surface area contributed by atoms with E-state index in [1.807, 2.05) is 66.9 Å². The monoisotopic (exact) mass is 482 g/mol. The number of hydrogen-bond donors (Lipinski definition) is 2. The first-order valence-corrected chi connectivity index (χ1v) is 11.9. The van der Waals surface area contributed by atoms with Gasteiger partial charge in [0.25, 0.3) is 0 Å². The summed E-state index contributed by atoms with van der Waals surface area (Å²) in [4.78, 5) is 24.9. The van der Waals surface area contributed by atoms with Crippen molar-refractivity contribution < 1.29 is 19.1 Å². The summed E-state index contributed by atoms with van der Waals surface area (Å²) in [6, 6.07) is 17.3. The molecule has 0 saturated heterocycles. The van der Waals surface area contributed by atoms with E-state index in [4.69, 9.17) is 21.7 Å². The molecule has 0 aliphatic rings. The predicted octanol–water partition coefficient (Wildman–Crippen LogP) is 5.57. The van der Waals surface area contributed by atoms with Crippen LogP contribution in [-0.2, 0) is 9.53 Å².